The van der Waals surface area contributed by atoms with Gasteiger partial charge in [0, 0.05) is 130 Å². The minimum atomic E-state index is -1.42. The summed E-state index contributed by atoms with van der Waals surface area (Å²) in [6.07, 6.45) is 14.7. The van der Waals surface area contributed by atoms with E-state index in [2.05, 4.69) is 361 Å². The van der Waals surface area contributed by atoms with Gasteiger partial charge in [0.05, 0.1) is 32.3 Å². The quantitative estimate of drug-likeness (QED) is 0.0696. The first kappa shape index (κ1) is 111. The van der Waals surface area contributed by atoms with Gasteiger partial charge in [0.1, 0.15) is 0 Å². The van der Waals surface area contributed by atoms with Gasteiger partial charge >= 0.3 is 0 Å². The zero-order valence-corrected chi connectivity index (χ0v) is 94.4. The van der Waals surface area contributed by atoms with Gasteiger partial charge in [-0.2, -0.15) is 0 Å². The minimum absolute atomic E-state index is 0. The fraction of sp³-hybridized carbons (Fsp3) is 0.0968. The Labute approximate surface area is 888 Å². The maximum atomic E-state index is 4.62. The summed E-state index contributed by atoms with van der Waals surface area (Å²) in [5, 5.41) is 5.63. The smallest absolute Gasteiger partial charge is 0.0767 e. The van der Waals surface area contributed by atoms with Gasteiger partial charge in [-0.05, 0) is 94.1 Å². The molecule has 8 nitrogen and oxygen atoms in total. The van der Waals surface area contributed by atoms with Gasteiger partial charge in [0.15, 0.2) is 0 Å². The second-order valence-electron chi connectivity index (χ2n) is 36.1. The molecule has 0 saturated heterocycles. The molecule has 0 N–H and O–H groups in total. The molecule has 0 amide bonds. The Hall–Kier alpha value is -12.7. The van der Waals surface area contributed by atoms with Crippen LogP contribution in [-0.4, -0.2) is 72.2 Å². The van der Waals surface area contributed by atoms with Crippen LogP contribution in [0, 0.1) is 48.5 Å². The van der Waals surface area contributed by atoms with Crippen molar-refractivity contribution in [3.05, 3.63) is 511 Å². The molecule has 20 aromatic rings. The van der Waals surface area contributed by atoms with Gasteiger partial charge < -0.3 is 39.9 Å². The summed E-state index contributed by atoms with van der Waals surface area (Å²) in [5.74, 6) is 0. The Morgan fingerprint density at radius 3 is 0.607 bits per heavy atom. The molecule has 16 heteroatoms. The van der Waals surface area contributed by atoms with Crippen LogP contribution in [0.4, 0.5) is 0 Å². The van der Waals surface area contributed by atoms with Gasteiger partial charge in [-0.1, -0.05) is 338 Å². The van der Waals surface area contributed by atoms with Crippen LogP contribution >= 0.6 is 0 Å². The number of hydrogen-bond donors (Lipinski definition) is 0. The molecule has 0 atom stereocenters. The average Bonchev–Trinajstić information content (AvgIpc) is 0.797. The molecule has 20 rings (SSSR count). The monoisotopic (exact) mass is 2600 g/mol. The molecule has 0 aliphatic rings. The zero-order valence-electron chi connectivity index (χ0n) is 80.8. The number of nitrogens with zero attached hydrogens (tertiary/aromatic N) is 8. The molecule has 8 heterocycles. The summed E-state index contributed by atoms with van der Waals surface area (Å²) >= 11 is 0. The summed E-state index contributed by atoms with van der Waals surface area (Å²) < 4.78 is 0. The van der Waals surface area contributed by atoms with Crippen molar-refractivity contribution in [3.8, 4) is 135 Å². The molecule has 708 valence electrons. The van der Waals surface area contributed by atoms with E-state index in [1.807, 2.05) is 243 Å². The van der Waals surface area contributed by atoms with E-state index in [-0.39, 0.29) is 80.4 Å². The average molecular weight is 2600 g/mol. The summed E-state index contributed by atoms with van der Waals surface area (Å²) in [6.45, 7) is 28.3. The van der Waals surface area contributed by atoms with E-state index in [1.54, 1.807) is 24.8 Å². The first-order valence-corrected chi connectivity index (χ1v) is 59.7. The normalized spacial score (nSPS) is 10.5. The molecule has 0 aliphatic carbocycles. The van der Waals surface area contributed by atoms with Crippen LogP contribution in [0.3, 0.4) is 0 Å². The van der Waals surface area contributed by atoms with Crippen molar-refractivity contribution in [2.75, 3.05) is 0 Å². The molecule has 0 spiro atoms. The van der Waals surface area contributed by atoms with E-state index in [9.17, 15) is 0 Å². The molecule has 12 aromatic carbocycles. The van der Waals surface area contributed by atoms with E-state index in [0.717, 1.165) is 90.1 Å². The van der Waals surface area contributed by atoms with Crippen molar-refractivity contribution < 1.29 is 80.4 Å². The molecule has 4 radical (unpaired) electrons. The third kappa shape index (κ3) is 34.4. The molecule has 8 aromatic heterocycles. The number of rotatable bonds is 16. The van der Waals surface area contributed by atoms with Gasteiger partial charge in [-0.25, -0.2) is 0 Å². The zero-order chi connectivity index (χ0) is 95.2. The molecule has 0 saturated carbocycles. The number of aromatic nitrogens is 8. The first-order chi connectivity index (χ1) is 66.1. The fourth-order valence-corrected chi connectivity index (χ4v) is 19.7. The molecule has 0 bridgehead atoms. The predicted molar refractivity (Wildman–Crippen MR) is 582 cm³/mol. The molecule has 0 fully saturated rings. The van der Waals surface area contributed by atoms with Crippen molar-refractivity contribution in [3.63, 3.8) is 0 Å². The second kappa shape index (κ2) is 56.5. The van der Waals surface area contributed by atoms with Crippen LogP contribution in [0.5, 0.6) is 0 Å². The number of pyridine rings is 8. The Kier molecular flexibility index (Phi) is 44.8. The van der Waals surface area contributed by atoms with Gasteiger partial charge in [0.25, 0.3) is 0 Å². The van der Waals surface area contributed by atoms with E-state index < -0.39 is 32.3 Å². The van der Waals surface area contributed by atoms with Crippen molar-refractivity contribution >= 4 is 53.0 Å². The Morgan fingerprint density at radius 2 is 0.393 bits per heavy atom. The second-order valence-corrected chi connectivity index (χ2v) is 56.3. The minimum Gasteiger partial charge on any atom is -0.305 e. The number of benzene rings is 12. The predicted octanol–water partition coefficient (Wildman–Crippen LogP) is 29.2. The molecular weight excluding hydrogens is 2480 g/mol. The maximum Gasteiger partial charge on any atom is 0.0767 e. The largest absolute Gasteiger partial charge is 0.305 e. The van der Waals surface area contributed by atoms with Crippen LogP contribution in [0.25, 0.3) is 135 Å². The van der Waals surface area contributed by atoms with Crippen LogP contribution in [-0.2, 0) is 80.4 Å². The fourth-order valence-electron chi connectivity index (χ4n) is 14.4. The number of hydrogen-bond acceptors (Lipinski definition) is 8. The molecule has 140 heavy (non-hydrogen) atoms. The Morgan fingerprint density at radius 1 is 0.164 bits per heavy atom. The Balaban J connectivity index is 0.000000181. The van der Waals surface area contributed by atoms with E-state index in [4.69, 9.17) is 0 Å². The van der Waals surface area contributed by atoms with Gasteiger partial charge in [-0.15, -0.1) is 263 Å². The summed E-state index contributed by atoms with van der Waals surface area (Å²) in [4.78, 5) is 35.1. The third-order valence-electron chi connectivity index (χ3n) is 21.8. The van der Waals surface area contributed by atoms with E-state index in [0.29, 0.717) is 0 Å². The standard InChI is InChI=1S/4C20H20NSi.4C11H8N.4Ir/c2*1-22(2,3)19-10-7-15-21-20(19)18-13-11-17(12-14-18)16-8-5-4-6-9-16;2*1-22(2,3)19-13-14-21-20(15-19)18-11-9-17(10-12-18)16-7-5-4-6-8-16;4*1-2-6-10(7-3-1)11-8-4-5-9-12-11;;;;/h2*4-13,15H,1-3H3;2*4-11,13-15H,1-3H3;4*1-6,8-9H;;;;/q8*-1;;;;. The van der Waals surface area contributed by atoms with Crippen molar-refractivity contribution in [1.29, 1.82) is 0 Å². The van der Waals surface area contributed by atoms with Gasteiger partial charge in [0.2, 0.25) is 0 Å². The van der Waals surface area contributed by atoms with Crippen molar-refractivity contribution in [1.82, 2.24) is 39.9 Å². The third-order valence-corrected chi connectivity index (χ3v) is 29.9. The van der Waals surface area contributed by atoms with E-state index >= 15 is 0 Å². The van der Waals surface area contributed by atoms with Crippen LogP contribution < -0.4 is 20.7 Å². The van der Waals surface area contributed by atoms with Crippen molar-refractivity contribution in [2.24, 2.45) is 0 Å². The van der Waals surface area contributed by atoms with Gasteiger partial charge in [-0.3, -0.25) is 0 Å². The molecule has 0 unspecified atom stereocenters. The maximum absolute atomic E-state index is 4.62. The summed E-state index contributed by atoms with van der Waals surface area (Å²) in [6, 6.07) is 165. The van der Waals surface area contributed by atoms with Crippen LogP contribution in [0.15, 0.2) is 462 Å². The topological polar surface area (TPSA) is 103 Å². The SMILES string of the molecule is C[Si](C)(C)c1cccnc1-c1[c-]cc(-c2ccccc2)cc1.C[Si](C)(C)c1cccnc1-c1[c-]cc(-c2ccccc2)cc1.C[Si](C)(C)c1ccnc(-c2[c-]cc(-c3ccccc3)cc2)c1.C[Si](C)(C)c1ccnc(-c2[c-]cc(-c3ccccc3)cc2)c1.[Ir].[Ir].[Ir].[Ir].[c-]1ccccc1-c1ccccn1.[c-]1ccccc1-c1ccccn1.[c-]1ccccc1-c1ccccn1.[c-]1ccccc1-c1ccccn1. The van der Waals surface area contributed by atoms with E-state index in [1.165, 1.54) is 65.3 Å². The van der Waals surface area contributed by atoms with Crippen molar-refractivity contribution in [2.45, 2.75) is 78.6 Å². The summed E-state index contributed by atoms with van der Waals surface area (Å²) in [7, 11) is -5.47. The van der Waals surface area contributed by atoms with Crippen LogP contribution in [0.1, 0.15) is 0 Å². The van der Waals surface area contributed by atoms with Crippen LogP contribution in [0.2, 0.25) is 78.6 Å². The summed E-state index contributed by atoms with van der Waals surface area (Å²) in [5.41, 5.74) is 26.1. The first-order valence-electron chi connectivity index (χ1n) is 45.7. The molecule has 0 aliphatic heterocycles. The molecular formula is C124H112Ir4N8Si4-8. The Bertz CT molecular complexity index is 6170.